The van der Waals surface area contributed by atoms with Crippen molar-refractivity contribution in [3.8, 4) is 0 Å². The molecule has 0 fully saturated rings. The first-order valence-corrected chi connectivity index (χ1v) is 9.31. The number of carbonyl (C=O) groups excluding carboxylic acids is 1. The molecule has 128 valence electrons. The lowest BCUT2D eigenvalue weighted by atomic mass is 10.1. The van der Waals surface area contributed by atoms with Crippen LogP contribution in [0, 0.1) is 0 Å². The lowest BCUT2D eigenvalue weighted by Gasteiger charge is -2.17. The van der Waals surface area contributed by atoms with E-state index in [-0.39, 0.29) is 10.8 Å². The van der Waals surface area contributed by atoms with E-state index < -0.39 is 10.0 Å². The quantitative estimate of drug-likeness (QED) is 0.838. The average Bonchev–Trinajstić information content (AvgIpc) is 2.60. The molecule has 1 amide bonds. The van der Waals surface area contributed by atoms with Gasteiger partial charge in [-0.15, -0.1) is 0 Å². The van der Waals surface area contributed by atoms with Crippen LogP contribution in [0.25, 0.3) is 0 Å². The summed E-state index contributed by atoms with van der Waals surface area (Å²) in [5, 5.41) is 0. The number of rotatable bonds is 7. The third-order valence-corrected chi connectivity index (χ3v) is 5.04. The third-order valence-electron chi connectivity index (χ3n) is 3.56. The Morgan fingerprint density at radius 3 is 2.25 bits per heavy atom. The molecule has 0 heterocycles. The molecule has 2 rings (SSSR count). The maximum atomic E-state index is 12.4. The lowest BCUT2D eigenvalue weighted by Crippen LogP contribution is -2.27. The Bertz CT molecular complexity index is 772. The highest BCUT2D eigenvalue weighted by atomic mass is 32.2. The highest BCUT2D eigenvalue weighted by Gasteiger charge is 2.16. The van der Waals surface area contributed by atoms with Gasteiger partial charge >= 0.3 is 0 Å². The van der Waals surface area contributed by atoms with E-state index in [9.17, 15) is 13.2 Å². The number of sulfonamides is 1. The third kappa shape index (κ3) is 4.66. The largest absolute Gasteiger partial charge is 0.337 e. The summed E-state index contributed by atoms with van der Waals surface area (Å²) in [4.78, 5) is 14.2. The molecule has 0 bridgehead atoms. The zero-order chi connectivity index (χ0) is 17.6. The second-order valence-electron chi connectivity index (χ2n) is 5.57. The van der Waals surface area contributed by atoms with Gasteiger partial charge in [0.05, 0.1) is 4.90 Å². The Labute approximate surface area is 143 Å². The Morgan fingerprint density at radius 1 is 1.04 bits per heavy atom. The molecular weight excluding hydrogens is 324 g/mol. The van der Waals surface area contributed by atoms with E-state index in [2.05, 4.69) is 4.72 Å². The summed E-state index contributed by atoms with van der Waals surface area (Å²) in [6.45, 7) is 2.79. The molecule has 2 aromatic rings. The van der Waals surface area contributed by atoms with Crippen molar-refractivity contribution in [1.29, 1.82) is 0 Å². The smallest absolute Gasteiger partial charge is 0.253 e. The summed E-state index contributed by atoms with van der Waals surface area (Å²) in [5.41, 5.74) is 1.50. The van der Waals surface area contributed by atoms with Crippen LogP contribution in [0.15, 0.2) is 59.5 Å². The van der Waals surface area contributed by atoms with Gasteiger partial charge in [-0.2, -0.15) is 0 Å². The second kappa shape index (κ2) is 8.08. The molecule has 0 aliphatic rings. The van der Waals surface area contributed by atoms with Crippen molar-refractivity contribution in [2.45, 2.75) is 24.8 Å². The van der Waals surface area contributed by atoms with E-state index in [4.69, 9.17) is 0 Å². The number of amides is 1. The average molecular weight is 346 g/mol. The van der Waals surface area contributed by atoms with Crippen molar-refractivity contribution in [3.63, 3.8) is 0 Å². The maximum Gasteiger partial charge on any atom is 0.253 e. The molecule has 0 saturated heterocycles. The Balaban J connectivity index is 2.08. The van der Waals surface area contributed by atoms with Crippen LogP contribution in [-0.4, -0.2) is 32.8 Å². The fraction of sp³-hybridized carbons (Fsp3) is 0.278. The summed E-state index contributed by atoms with van der Waals surface area (Å²) in [5.74, 6) is -0.149. The van der Waals surface area contributed by atoms with Crippen molar-refractivity contribution >= 4 is 15.9 Å². The first kappa shape index (κ1) is 18.2. The summed E-state index contributed by atoms with van der Waals surface area (Å²) in [7, 11) is -1.78. The van der Waals surface area contributed by atoms with Gasteiger partial charge in [-0.25, -0.2) is 13.1 Å². The molecule has 0 saturated carbocycles. The first-order chi connectivity index (χ1) is 11.4. The van der Waals surface area contributed by atoms with Crippen LogP contribution in [0.5, 0.6) is 0 Å². The molecular formula is C18H22N2O3S. The summed E-state index contributed by atoms with van der Waals surface area (Å²) in [6, 6.07) is 15.7. The van der Waals surface area contributed by atoms with Crippen LogP contribution in [0.2, 0.25) is 0 Å². The molecule has 5 nitrogen and oxygen atoms in total. The molecule has 2 aromatic carbocycles. The Kier molecular flexibility index (Phi) is 6.11. The normalized spacial score (nSPS) is 11.2. The SMILES string of the molecule is CCCNS(=O)(=O)c1ccc(C(=O)N(C)Cc2ccccc2)cc1. The molecule has 0 aliphatic heterocycles. The number of carbonyl (C=O) groups is 1. The summed E-state index contributed by atoms with van der Waals surface area (Å²) in [6.07, 6.45) is 0.722. The predicted octanol–water partition coefficient (Wildman–Crippen LogP) is 2.65. The molecule has 0 radical (unpaired) electrons. The van der Waals surface area contributed by atoms with E-state index in [1.54, 1.807) is 24.1 Å². The minimum atomic E-state index is -3.51. The van der Waals surface area contributed by atoms with Gasteiger partial charge in [0.15, 0.2) is 0 Å². The van der Waals surface area contributed by atoms with Gasteiger partial charge in [0, 0.05) is 25.7 Å². The number of nitrogens with one attached hydrogen (secondary N) is 1. The highest BCUT2D eigenvalue weighted by Crippen LogP contribution is 2.13. The van der Waals surface area contributed by atoms with E-state index in [1.807, 2.05) is 37.3 Å². The van der Waals surface area contributed by atoms with Gasteiger partial charge in [-0.05, 0) is 36.2 Å². The number of nitrogens with zero attached hydrogens (tertiary/aromatic N) is 1. The zero-order valence-electron chi connectivity index (χ0n) is 13.9. The minimum absolute atomic E-state index is 0.149. The van der Waals surface area contributed by atoms with Crippen LogP contribution < -0.4 is 4.72 Å². The number of hydrogen-bond donors (Lipinski definition) is 1. The van der Waals surface area contributed by atoms with Crippen molar-refractivity contribution in [2.24, 2.45) is 0 Å². The van der Waals surface area contributed by atoms with Gasteiger partial charge < -0.3 is 4.90 Å². The van der Waals surface area contributed by atoms with Crippen LogP contribution in [0.4, 0.5) is 0 Å². The molecule has 0 aromatic heterocycles. The molecule has 1 N–H and O–H groups in total. The number of hydrogen-bond acceptors (Lipinski definition) is 3. The van der Waals surface area contributed by atoms with Crippen molar-refractivity contribution in [3.05, 3.63) is 65.7 Å². The van der Waals surface area contributed by atoms with Crippen molar-refractivity contribution in [2.75, 3.05) is 13.6 Å². The lowest BCUT2D eigenvalue weighted by molar-refractivity contribution is 0.0785. The van der Waals surface area contributed by atoms with Crippen LogP contribution in [0.3, 0.4) is 0 Å². The van der Waals surface area contributed by atoms with Crippen molar-refractivity contribution in [1.82, 2.24) is 9.62 Å². The molecule has 0 spiro atoms. The van der Waals surface area contributed by atoms with Crippen LogP contribution in [-0.2, 0) is 16.6 Å². The van der Waals surface area contributed by atoms with Gasteiger partial charge in [0.25, 0.3) is 5.91 Å². The van der Waals surface area contributed by atoms with Gasteiger partial charge in [-0.1, -0.05) is 37.3 Å². The van der Waals surface area contributed by atoms with E-state index in [0.29, 0.717) is 18.7 Å². The van der Waals surface area contributed by atoms with Gasteiger partial charge in [0.1, 0.15) is 0 Å². The summed E-state index contributed by atoms with van der Waals surface area (Å²) < 4.78 is 26.6. The van der Waals surface area contributed by atoms with E-state index >= 15 is 0 Å². The van der Waals surface area contributed by atoms with Crippen LogP contribution >= 0.6 is 0 Å². The Hall–Kier alpha value is -2.18. The Morgan fingerprint density at radius 2 is 1.67 bits per heavy atom. The standard InChI is InChI=1S/C18H22N2O3S/c1-3-13-19-24(22,23)17-11-9-16(10-12-17)18(21)20(2)14-15-7-5-4-6-8-15/h4-12,19H,3,13-14H2,1-2H3. The van der Waals surface area contributed by atoms with E-state index in [0.717, 1.165) is 12.0 Å². The fourth-order valence-corrected chi connectivity index (χ4v) is 3.38. The molecule has 0 unspecified atom stereocenters. The predicted molar refractivity (Wildman–Crippen MR) is 94.2 cm³/mol. The molecule has 24 heavy (non-hydrogen) atoms. The van der Waals surface area contributed by atoms with Crippen molar-refractivity contribution < 1.29 is 13.2 Å². The first-order valence-electron chi connectivity index (χ1n) is 7.83. The topological polar surface area (TPSA) is 66.5 Å². The number of benzene rings is 2. The fourth-order valence-electron chi connectivity index (χ4n) is 2.25. The highest BCUT2D eigenvalue weighted by molar-refractivity contribution is 7.89. The minimum Gasteiger partial charge on any atom is -0.337 e. The summed E-state index contributed by atoms with van der Waals surface area (Å²) >= 11 is 0. The monoisotopic (exact) mass is 346 g/mol. The molecule has 0 aliphatic carbocycles. The maximum absolute atomic E-state index is 12.4. The molecule has 0 atom stereocenters. The zero-order valence-corrected chi connectivity index (χ0v) is 14.7. The van der Waals surface area contributed by atoms with E-state index in [1.165, 1.54) is 12.1 Å². The molecule has 6 heteroatoms. The van der Waals surface area contributed by atoms with Gasteiger partial charge in [0.2, 0.25) is 10.0 Å². The van der Waals surface area contributed by atoms with Crippen LogP contribution in [0.1, 0.15) is 29.3 Å². The van der Waals surface area contributed by atoms with Gasteiger partial charge in [-0.3, -0.25) is 4.79 Å². The second-order valence-corrected chi connectivity index (χ2v) is 7.34.